The number of hydrogen-bond donors (Lipinski definition) is 3. The molecule has 1 heterocycles. The molecule has 0 unspecified atom stereocenters. The molecule has 9 heteroatoms. The first-order valence-corrected chi connectivity index (χ1v) is 12.6. The monoisotopic (exact) mass is 492 g/mol. The van der Waals surface area contributed by atoms with E-state index >= 15 is 0 Å². The van der Waals surface area contributed by atoms with Crippen molar-refractivity contribution in [2.75, 3.05) is 20.8 Å². The zero-order chi connectivity index (χ0) is 24.7. The first-order chi connectivity index (χ1) is 17.0. The smallest absolute Gasteiger partial charge is 0.277 e. The highest BCUT2D eigenvalue weighted by Gasteiger charge is 2.15. The van der Waals surface area contributed by atoms with Crippen molar-refractivity contribution in [1.29, 1.82) is 0 Å². The number of nitrogens with zero attached hydrogens (tertiary/aromatic N) is 1. The number of aromatic nitrogens is 2. The van der Waals surface area contributed by atoms with Gasteiger partial charge in [-0.25, -0.2) is 9.71 Å². The molecule has 0 radical (unpaired) electrons. The molecule has 0 saturated heterocycles. The molecule has 3 N–H and O–H groups in total. The van der Waals surface area contributed by atoms with E-state index in [-0.39, 0.29) is 13.1 Å². The summed E-state index contributed by atoms with van der Waals surface area (Å²) in [5.74, 6) is 2.20. The van der Waals surface area contributed by atoms with Gasteiger partial charge in [0.15, 0.2) is 0 Å². The Morgan fingerprint density at radius 2 is 1.43 bits per heavy atom. The van der Waals surface area contributed by atoms with E-state index in [4.69, 9.17) is 14.5 Å². The van der Waals surface area contributed by atoms with Crippen LogP contribution in [0.25, 0.3) is 22.6 Å². The minimum Gasteiger partial charge on any atom is -0.497 e. The van der Waals surface area contributed by atoms with Crippen molar-refractivity contribution >= 4 is 10.2 Å². The maximum Gasteiger partial charge on any atom is 0.277 e. The van der Waals surface area contributed by atoms with Gasteiger partial charge in [0.25, 0.3) is 10.2 Å². The second kappa shape index (κ2) is 11.2. The van der Waals surface area contributed by atoms with Crippen molar-refractivity contribution in [2.45, 2.75) is 13.0 Å². The van der Waals surface area contributed by atoms with E-state index in [0.717, 1.165) is 45.4 Å². The van der Waals surface area contributed by atoms with Gasteiger partial charge in [0.2, 0.25) is 0 Å². The van der Waals surface area contributed by atoms with Crippen LogP contribution in [-0.2, 0) is 23.2 Å². The highest BCUT2D eigenvalue weighted by Crippen LogP contribution is 2.28. The van der Waals surface area contributed by atoms with E-state index in [2.05, 4.69) is 14.4 Å². The van der Waals surface area contributed by atoms with Crippen LogP contribution in [0.2, 0.25) is 0 Å². The van der Waals surface area contributed by atoms with Gasteiger partial charge < -0.3 is 14.5 Å². The van der Waals surface area contributed by atoms with Crippen LogP contribution in [0.15, 0.2) is 78.9 Å². The SMILES string of the molecule is COc1ccc(CNS(=O)(=O)NCCc2[nH]c(-c3ccccc3)nc2-c2ccc(OC)cc2)cc1. The first-order valence-electron chi connectivity index (χ1n) is 11.1. The summed E-state index contributed by atoms with van der Waals surface area (Å²) in [5, 5.41) is 0. The van der Waals surface area contributed by atoms with Crippen LogP contribution in [0.3, 0.4) is 0 Å². The van der Waals surface area contributed by atoms with Crippen molar-refractivity contribution in [3.63, 3.8) is 0 Å². The number of benzene rings is 3. The van der Waals surface area contributed by atoms with Crippen LogP contribution in [-0.4, -0.2) is 39.2 Å². The molecule has 35 heavy (non-hydrogen) atoms. The van der Waals surface area contributed by atoms with E-state index < -0.39 is 10.2 Å². The molecule has 3 aromatic carbocycles. The molecule has 1 aromatic heterocycles. The minimum atomic E-state index is -3.68. The fourth-order valence-corrected chi connectivity index (χ4v) is 4.42. The minimum absolute atomic E-state index is 0.179. The van der Waals surface area contributed by atoms with Gasteiger partial charge in [0.1, 0.15) is 17.3 Å². The van der Waals surface area contributed by atoms with Crippen molar-refractivity contribution in [3.8, 4) is 34.1 Å². The number of imidazole rings is 1. The number of H-pyrrole nitrogens is 1. The molecule has 8 nitrogen and oxygen atoms in total. The molecule has 4 rings (SSSR count). The van der Waals surface area contributed by atoms with Gasteiger partial charge in [0.05, 0.1) is 19.9 Å². The summed E-state index contributed by atoms with van der Waals surface area (Å²) in [4.78, 5) is 8.18. The van der Waals surface area contributed by atoms with Crippen molar-refractivity contribution in [2.24, 2.45) is 0 Å². The summed E-state index contributed by atoms with van der Waals surface area (Å²) >= 11 is 0. The fourth-order valence-electron chi connectivity index (χ4n) is 3.59. The third-order valence-electron chi connectivity index (χ3n) is 5.48. The lowest BCUT2D eigenvalue weighted by Gasteiger charge is -2.09. The molecule has 0 fully saturated rings. The van der Waals surface area contributed by atoms with Gasteiger partial charge in [-0.2, -0.15) is 13.1 Å². The third kappa shape index (κ3) is 6.48. The Morgan fingerprint density at radius 3 is 2.06 bits per heavy atom. The first kappa shape index (κ1) is 24.5. The maximum atomic E-state index is 12.5. The second-order valence-electron chi connectivity index (χ2n) is 7.82. The zero-order valence-corrected chi connectivity index (χ0v) is 20.4. The average molecular weight is 493 g/mol. The number of nitrogens with one attached hydrogen (secondary N) is 3. The van der Waals surface area contributed by atoms with Gasteiger partial charge in [-0.1, -0.05) is 42.5 Å². The van der Waals surface area contributed by atoms with Crippen LogP contribution in [0.4, 0.5) is 0 Å². The summed E-state index contributed by atoms with van der Waals surface area (Å²) < 4.78 is 40.5. The lowest BCUT2D eigenvalue weighted by Crippen LogP contribution is -2.37. The zero-order valence-electron chi connectivity index (χ0n) is 19.6. The summed E-state index contributed by atoms with van der Waals surface area (Å²) in [5.41, 5.74) is 4.32. The van der Waals surface area contributed by atoms with Gasteiger partial charge in [-0.05, 0) is 42.0 Å². The maximum absolute atomic E-state index is 12.5. The van der Waals surface area contributed by atoms with E-state index in [1.165, 1.54) is 0 Å². The highest BCUT2D eigenvalue weighted by atomic mass is 32.2. The lowest BCUT2D eigenvalue weighted by atomic mass is 10.1. The van der Waals surface area contributed by atoms with Crippen molar-refractivity contribution in [3.05, 3.63) is 90.1 Å². The normalized spacial score (nSPS) is 11.4. The molecule has 4 aromatic rings. The summed E-state index contributed by atoms with van der Waals surface area (Å²) in [7, 11) is -0.470. The van der Waals surface area contributed by atoms with Gasteiger partial charge in [0, 0.05) is 36.3 Å². The molecule has 0 aliphatic carbocycles. The predicted molar refractivity (Wildman–Crippen MR) is 136 cm³/mol. The fraction of sp³-hybridized carbons (Fsp3) is 0.192. The quantitative estimate of drug-likeness (QED) is 0.294. The largest absolute Gasteiger partial charge is 0.497 e. The molecule has 0 aliphatic rings. The molecule has 0 aliphatic heterocycles. The van der Waals surface area contributed by atoms with Gasteiger partial charge in [-0.3, -0.25) is 0 Å². The topological polar surface area (TPSA) is 105 Å². The summed E-state index contributed by atoms with van der Waals surface area (Å²) in [6, 6.07) is 24.7. The lowest BCUT2D eigenvalue weighted by molar-refractivity contribution is 0.414. The second-order valence-corrected chi connectivity index (χ2v) is 9.41. The van der Waals surface area contributed by atoms with Crippen molar-refractivity contribution < 1.29 is 17.9 Å². The number of hydrogen-bond acceptors (Lipinski definition) is 5. The molecule has 0 atom stereocenters. The van der Waals surface area contributed by atoms with E-state index in [1.54, 1.807) is 26.4 Å². The standard InChI is InChI=1S/C26H28N4O4S/c1-33-22-12-8-19(9-13-22)18-28-35(31,32)27-17-16-24-25(20-10-14-23(34-2)15-11-20)30-26(29-24)21-6-4-3-5-7-21/h3-15,27-28H,16-18H2,1-2H3,(H,29,30). The van der Waals surface area contributed by atoms with Gasteiger partial charge in [-0.15, -0.1) is 0 Å². The summed E-state index contributed by atoms with van der Waals surface area (Å²) in [6.07, 6.45) is 0.435. The molecular weight excluding hydrogens is 464 g/mol. The van der Waals surface area contributed by atoms with E-state index in [1.807, 2.05) is 66.7 Å². The molecular formula is C26H28N4O4S. The molecule has 0 saturated carbocycles. The Hall–Kier alpha value is -3.66. The van der Waals surface area contributed by atoms with E-state index in [9.17, 15) is 8.42 Å². The van der Waals surface area contributed by atoms with Crippen LogP contribution in [0.5, 0.6) is 11.5 Å². The van der Waals surface area contributed by atoms with Crippen LogP contribution in [0.1, 0.15) is 11.3 Å². The predicted octanol–water partition coefficient (Wildman–Crippen LogP) is 3.93. The van der Waals surface area contributed by atoms with Gasteiger partial charge >= 0.3 is 0 Å². The van der Waals surface area contributed by atoms with Crippen LogP contribution < -0.4 is 18.9 Å². The highest BCUT2D eigenvalue weighted by molar-refractivity contribution is 7.87. The molecule has 0 spiro atoms. The molecule has 0 bridgehead atoms. The van der Waals surface area contributed by atoms with E-state index in [0.29, 0.717) is 6.42 Å². The number of aromatic amines is 1. The molecule has 0 amide bonds. The summed E-state index contributed by atoms with van der Waals surface area (Å²) in [6.45, 7) is 0.385. The Balaban J connectivity index is 1.45. The number of rotatable bonds is 11. The molecule has 182 valence electrons. The number of methoxy groups -OCH3 is 2. The Bertz CT molecular complexity index is 1340. The number of ether oxygens (including phenoxy) is 2. The Morgan fingerprint density at radius 1 is 0.800 bits per heavy atom. The van der Waals surface area contributed by atoms with Crippen molar-refractivity contribution in [1.82, 2.24) is 19.4 Å². The van der Waals surface area contributed by atoms with Crippen LogP contribution in [0, 0.1) is 0 Å². The Labute approximate surface area is 205 Å². The van der Waals surface area contributed by atoms with Crippen LogP contribution >= 0.6 is 0 Å². The third-order valence-corrected chi connectivity index (χ3v) is 6.59. The average Bonchev–Trinajstić information content (AvgIpc) is 3.32. The Kier molecular flexibility index (Phi) is 7.81.